The average Bonchev–Trinajstić information content (AvgIpc) is 2.29. The lowest BCUT2D eigenvalue weighted by Gasteiger charge is -2.28. The highest BCUT2D eigenvalue weighted by Crippen LogP contribution is 2.37. The first-order chi connectivity index (χ1) is 8.40. The van der Waals surface area contributed by atoms with Crippen LogP contribution in [-0.4, -0.2) is 5.85 Å². The minimum atomic E-state index is -2.58. The van der Waals surface area contributed by atoms with Gasteiger partial charge in [0.25, 0.3) is 0 Å². The Morgan fingerprint density at radius 2 is 2.06 bits per heavy atom. The molecule has 0 amide bonds. The van der Waals surface area contributed by atoms with E-state index in [-0.39, 0.29) is 12.2 Å². The van der Waals surface area contributed by atoms with Gasteiger partial charge in [-0.2, -0.15) is 4.39 Å². The molecule has 1 atom stereocenters. The quantitative estimate of drug-likeness (QED) is 0.807. The molecule has 1 aliphatic carbocycles. The highest BCUT2D eigenvalue weighted by atomic mass is 19.2. The van der Waals surface area contributed by atoms with Crippen molar-refractivity contribution in [3.8, 4) is 11.5 Å². The molecule has 0 aliphatic heterocycles. The normalized spacial score (nSPS) is 23.3. The fraction of sp³-hybridized carbons (Fsp3) is 0.286. The molecule has 18 heavy (non-hydrogen) atoms. The van der Waals surface area contributed by atoms with Crippen molar-refractivity contribution in [3.63, 3.8) is 0 Å². The summed E-state index contributed by atoms with van der Waals surface area (Å²) in [6, 6.07) is 4.30. The molecule has 2 rings (SSSR count). The molecule has 2 nitrogen and oxygen atoms in total. The smallest absolute Gasteiger partial charge is 0.303 e. The highest BCUT2D eigenvalue weighted by molar-refractivity contribution is 5.41. The molecule has 1 aromatic rings. The first kappa shape index (κ1) is 12.6. The third-order valence-electron chi connectivity index (χ3n) is 2.77. The number of aryl methyl sites for hydroxylation is 1. The predicted molar refractivity (Wildman–Crippen MR) is 62.7 cm³/mol. The van der Waals surface area contributed by atoms with Crippen molar-refractivity contribution in [2.45, 2.75) is 26.1 Å². The standard InChI is InChI=1S/C14H14F2O2/c1-9-3-4-12(11(17)7-9)18-14(16)6-5-10(2)8-13(14)15/h3-5,7-8,17H,6H2,1-2H3/p-1. The van der Waals surface area contributed by atoms with Crippen LogP contribution in [0.3, 0.4) is 0 Å². The van der Waals surface area contributed by atoms with E-state index >= 15 is 0 Å². The number of benzene rings is 1. The summed E-state index contributed by atoms with van der Waals surface area (Å²) in [5, 5.41) is 11.6. The number of ether oxygens (including phenoxy) is 1. The second-order valence-electron chi connectivity index (χ2n) is 4.43. The first-order valence-corrected chi connectivity index (χ1v) is 5.61. The van der Waals surface area contributed by atoms with Crippen LogP contribution in [0.2, 0.25) is 0 Å². The van der Waals surface area contributed by atoms with Crippen LogP contribution in [0.25, 0.3) is 0 Å². The molecule has 96 valence electrons. The first-order valence-electron chi connectivity index (χ1n) is 5.61. The summed E-state index contributed by atoms with van der Waals surface area (Å²) in [4.78, 5) is 0. The summed E-state index contributed by atoms with van der Waals surface area (Å²) in [5.41, 5.74) is 1.38. The zero-order valence-corrected chi connectivity index (χ0v) is 10.2. The van der Waals surface area contributed by atoms with Crippen molar-refractivity contribution in [3.05, 3.63) is 47.3 Å². The van der Waals surface area contributed by atoms with Crippen LogP contribution in [0.15, 0.2) is 41.8 Å². The van der Waals surface area contributed by atoms with Crippen molar-refractivity contribution >= 4 is 0 Å². The maximum atomic E-state index is 14.3. The van der Waals surface area contributed by atoms with E-state index < -0.39 is 17.4 Å². The maximum Gasteiger partial charge on any atom is 0.303 e. The zero-order chi connectivity index (χ0) is 13.3. The van der Waals surface area contributed by atoms with Crippen LogP contribution in [0.5, 0.6) is 11.5 Å². The average molecular weight is 251 g/mol. The molecule has 4 heteroatoms. The fourth-order valence-corrected chi connectivity index (χ4v) is 1.72. The third kappa shape index (κ3) is 2.37. The van der Waals surface area contributed by atoms with Gasteiger partial charge in [-0.05, 0) is 26.0 Å². The van der Waals surface area contributed by atoms with E-state index in [0.717, 1.165) is 11.6 Å². The molecule has 0 radical (unpaired) electrons. The van der Waals surface area contributed by atoms with Gasteiger partial charge in [-0.25, -0.2) is 4.39 Å². The van der Waals surface area contributed by atoms with Gasteiger partial charge in [0.2, 0.25) is 0 Å². The highest BCUT2D eigenvalue weighted by Gasteiger charge is 2.38. The lowest BCUT2D eigenvalue weighted by molar-refractivity contribution is -0.272. The second-order valence-corrected chi connectivity index (χ2v) is 4.43. The van der Waals surface area contributed by atoms with Crippen LogP contribution < -0.4 is 9.84 Å². The van der Waals surface area contributed by atoms with Crippen LogP contribution in [-0.2, 0) is 0 Å². The molecular weight excluding hydrogens is 238 g/mol. The number of hydrogen-bond donors (Lipinski definition) is 0. The summed E-state index contributed by atoms with van der Waals surface area (Å²) >= 11 is 0. The van der Waals surface area contributed by atoms with Crippen molar-refractivity contribution in [2.75, 3.05) is 0 Å². The molecule has 1 unspecified atom stereocenters. The number of rotatable bonds is 2. The summed E-state index contributed by atoms with van der Waals surface area (Å²) in [5.74, 6) is -4.22. The minimum absolute atomic E-state index is 0.181. The molecule has 0 saturated carbocycles. The predicted octanol–water partition coefficient (Wildman–Crippen LogP) is 3.32. The summed E-state index contributed by atoms with van der Waals surface area (Å²) in [7, 11) is 0. The van der Waals surface area contributed by atoms with Crippen LogP contribution in [0, 0.1) is 6.92 Å². The van der Waals surface area contributed by atoms with Gasteiger partial charge in [0, 0.05) is 6.42 Å². The summed E-state index contributed by atoms with van der Waals surface area (Å²) < 4.78 is 32.8. The molecule has 0 saturated heterocycles. The molecule has 0 bridgehead atoms. The Labute approximate surface area is 104 Å². The number of halogens is 2. The van der Waals surface area contributed by atoms with E-state index in [0.29, 0.717) is 5.57 Å². The van der Waals surface area contributed by atoms with Crippen molar-refractivity contribution in [1.82, 2.24) is 0 Å². The number of alkyl halides is 1. The molecule has 0 spiro atoms. The van der Waals surface area contributed by atoms with Crippen LogP contribution in [0.4, 0.5) is 8.78 Å². The van der Waals surface area contributed by atoms with E-state index in [4.69, 9.17) is 4.74 Å². The van der Waals surface area contributed by atoms with Gasteiger partial charge in [-0.3, -0.25) is 0 Å². The Bertz CT molecular complexity index is 535. The number of hydrogen-bond acceptors (Lipinski definition) is 2. The Hall–Kier alpha value is -1.84. The Morgan fingerprint density at radius 3 is 2.67 bits per heavy atom. The largest absolute Gasteiger partial charge is 0.870 e. The topological polar surface area (TPSA) is 32.3 Å². The van der Waals surface area contributed by atoms with Gasteiger partial charge in [0.1, 0.15) is 5.75 Å². The lowest BCUT2D eigenvalue weighted by atomic mass is 10.0. The SMILES string of the molecule is CC1=CCC(F)(Oc2ccc(C)cc2[O-])C(F)=C1. The monoisotopic (exact) mass is 251 g/mol. The molecule has 0 fully saturated rings. The molecule has 0 N–H and O–H groups in total. The van der Waals surface area contributed by atoms with E-state index in [1.165, 1.54) is 18.2 Å². The third-order valence-corrected chi connectivity index (χ3v) is 2.77. The summed E-state index contributed by atoms with van der Waals surface area (Å²) in [6.45, 7) is 3.41. The molecule has 0 heterocycles. The van der Waals surface area contributed by atoms with E-state index in [1.807, 2.05) is 0 Å². The molecule has 0 aromatic heterocycles. The molecule has 1 aromatic carbocycles. The van der Waals surface area contributed by atoms with Gasteiger partial charge in [0.05, 0.1) is 0 Å². The lowest BCUT2D eigenvalue weighted by Crippen LogP contribution is -2.33. The van der Waals surface area contributed by atoms with Crippen molar-refractivity contribution < 1.29 is 18.6 Å². The van der Waals surface area contributed by atoms with Gasteiger partial charge in [0.15, 0.2) is 5.83 Å². The minimum Gasteiger partial charge on any atom is -0.870 e. The van der Waals surface area contributed by atoms with Crippen LogP contribution >= 0.6 is 0 Å². The van der Waals surface area contributed by atoms with Crippen LogP contribution in [0.1, 0.15) is 18.9 Å². The Balaban J connectivity index is 2.26. The van der Waals surface area contributed by atoms with Gasteiger partial charge >= 0.3 is 5.85 Å². The van der Waals surface area contributed by atoms with Crippen molar-refractivity contribution in [2.24, 2.45) is 0 Å². The zero-order valence-electron chi connectivity index (χ0n) is 10.2. The van der Waals surface area contributed by atoms with E-state index in [1.54, 1.807) is 19.9 Å². The molecular formula is C14H13F2O2-. The van der Waals surface area contributed by atoms with Crippen molar-refractivity contribution in [1.29, 1.82) is 0 Å². The molecule has 1 aliphatic rings. The van der Waals surface area contributed by atoms with Gasteiger partial charge in [-0.1, -0.05) is 35.1 Å². The maximum absolute atomic E-state index is 14.3. The fourth-order valence-electron chi connectivity index (χ4n) is 1.72. The van der Waals surface area contributed by atoms with E-state index in [2.05, 4.69) is 0 Å². The summed E-state index contributed by atoms with van der Waals surface area (Å²) in [6.07, 6.45) is 2.36. The second kappa shape index (κ2) is 4.44. The Morgan fingerprint density at radius 1 is 1.33 bits per heavy atom. The van der Waals surface area contributed by atoms with Gasteiger partial charge < -0.3 is 9.84 Å². The van der Waals surface area contributed by atoms with E-state index in [9.17, 15) is 13.9 Å². The number of allylic oxidation sites excluding steroid dienone is 2. The Kier molecular flexibility index (Phi) is 3.11. The van der Waals surface area contributed by atoms with Gasteiger partial charge in [-0.15, -0.1) is 0 Å².